The molecule has 2 amide bonds. The monoisotopic (exact) mass is 430 g/mol. The molecule has 6 nitrogen and oxygen atoms in total. The molecule has 32 heavy (non-hydrogen) atoms. The number of fused-ring (bicyclic) bond motifs is 1. The molecule has 0 radical (unpaired) electrons. The first-order chi connectivity index (χ1) is 15.3. The van der Waals surface area contributed by atoms with E-state index in [1.807, 2.05) is 66.7 Å². The average Bonchev–Trinajstić information content (AvgIpc) is 3.02. The number of nitrogens with zero attached hydrogens (tertiary/aromatic N) is 1. The Morgan fingerprint density at radius 2 is 1.62 bits per heavy atom. The fraction of sp³-hybridized carbons (Fsp3) is 0.231. The lowest BCUT2D eigenvalue weighted by atomic mass is 9.83. The number of hydrogen-bond donors (Lipinski definition) is 1. The summed E-state index contributed by atoms with van der Waals surface area (Å²) in [6.45, 7) is 5.32. The molecule has 6 heteroatoms. The smallest absolute Gasteiger partial charge is 0.421 e. The number of carbonyl (C=O) groups excluding carboxylic acids is 2. The Kier molecular flexibility index (Phi) is 5.38. The van der Waals surface area contributed by atoms with E-state index in [0.29, 0.717) is 22.6 Å². The van der Waals surface area contributed by atoms with Crippen LogP contribution in [-0.2, 0) is 15.1 Å². The van der Waals surface area contributed by atoms with Gasteiger partial charge in [-0.1, -0.05) is 48.5 Å². The highest BCUT2D eigenvalue weighted by atomic mass is 16.6. The number of carbonyl (C=O) groups is 2. The number of imide groups is 1. The fourth-order valence-corrected chi connectivity index (χ4v) is 3.93. The highest BCUT2D eigenvalue weighted by molar-refractivity contribution is 6.23. The maximum Gasteiger partial charge on any atom is 0.421 e. The van der Waals surface area contributed by atoms with E-state index in [4.69, 9.17) is 9.47 Å². The third-order valence-electron chi connectivity index (χ3n) is 5.26. The second-order valence-corrected chi connectivity index (χ2v) is 8.61. The third kappa shape index (κ3) is 3.68. The minimum Gasteiger partial charge on any atom is -0.497 e. The Labute approximate surface area is 187 Å². The van der Waals surface area contributed by atoms with E-state index < -0.39 is 23.1 Å². The fourth-order valence-electron chi connectivity index (χ4n) is 3.93. The van der Waals surface area contributed by atoms with Gasteiger partial charge in [0.15, 0.2) is 5.54 Å². The quantitative estimate of drug-likeness (QED) is 0.606. The van der Waals surface area contributed by atoms with Crippen molar-refractivity contribution in [1.82, 2.24) is 0 Å². The van der Waals surface area contributed by atoms with Gasteiger partial charge in [0.05, 0.1) is 12.8 Å². The van der Waals surface area contributed by atoms with E-state index in [1.54, 1.807) is 40.0 Å². The van der Waals surface area contributed by atoms with Gasteiger partial charge in [-0.25, -0.2) is 9.69 Å². The van der Waals surface area contributed by atoms with E-state index in [9.17, 15) is 9.59 Å². The molecule has 0 spiro atoms. The van der Waals surface area contributed by atoms with Crippen molar-refractivity contribution in [2.24, 2.45) is 0 Å². The van der Waals surface area contributed by atoms with Crippen LogP contribution in [0.4, 0.5) is 16.2 Å². The standard InChI is InChI=1S/C26H26N2O4/c1-25(2,3)32-24(30)28-22-16-9-8-15-21(22)26(23(28)29,27-19-12-6-5-7-13-19)18-11-10-14-20(17-18)31-4/h5-17,27H,1-4H3/t26-/m1/s1. The number of methoxy groups -OCH3 is 1. The van der Waals surface area contributed by atoms with Crippen LogP contribution in [0.3, 0.4) is 0 Å². The molecule has 1 atom stereocenters. The summed E-state index contributed by atoms with van der Waals surface area (Å²) in [6, 6.07) is 24.0. The van der Waals surface area contributed by atoms with Crippen LogP contribution in [0.2, 0.25) is 0 Å². The van der Waals surface area contributed by atoms with Gasteiger partial charge < -0.3 is 14.8 Å². The first-order valence-corrected chi connectivity index (χ1v) is 10.4. The van der Waals surface area contributed by atoms with Crippen LogP contribution in [0.25, 0.3) is 0 Å². The molecule has 0 fully saturated rings. The molecular weight excluding hydrogens is 404 g/mol. The van der Waals surface area contributed by atoms with Crippen LogP contribution in [0.5, 0.6) is 5.75 Å². The molecule has 4 rings (SSSR count). The SMILES string of the molecule is COc1cccc([C@]2(Nc3ccccc3)C(=O)N(C(=O)OC(C)(C)C)c3ccccc32)c1. The zero-order valence-corrected chi connectivity index (χ0v) is 18.6. The molecule has 0 saturated carbocycles. The highest BCUT2D eigenvalue weighted by Crippen LogP contribution is 2.47. The van der Waals surface area contributed by atoms with Crippen molar-refractivity contribution in [2.45, 2.75) is 31.9 Å². The molecule has 0 saturated heterocycles. The third-order valence-corrected chi connectivity index (χ3v) is 5.26. The van der Waals surface area contributed by atoms with Crippen LogP contribution in [0.15, 0.2) is 78.9 Å². The highest BCUT2D eigenvalue weighted by Gasteiger charge is 2.55. The molecule has 164 valence electrons. The summed E-state index contributed by atoms with van der Waals surface area (Å²) in [5.41, 5.74) is 0.448. The predicted molar refractivity (Wildman–Crippen MR) is 124 cm³/mol. The number of rotatable bonds is 4. The molecule has 3 aromatic carbocycles. The van der Waals surface area contributed by atoms with Gasteiger partial charge >= 0.3 is 6.09 Å². The molecule has 1 heterocycles. The van der Waals surface area contributed by atoms with Crippen LogP contribution in [-0.4, -0.2) is 24.7 Å². The van der Waals surface area contributed by atoms with Crippen LogP contribution in [0.1, 0.15) is 31.9 Å². The molecule has 0 aliphatic carbocycles. The first-order valence-electron chi connectivity index (χ1n) is 10.4. The second-order valence-electron chi connectivity index (χ2n) is 8.61. The van der Waals surface area contributed by atoms with Crippen molar-refractivity contribution < 1.29 is 19.1 Å². The Bertz CT molecular complexity index is 1150. The van der Waals surface area contributed by atoms with Gasteiger partial charge in [0.2, 0.25) is 0 Å². The number of nitrogens with one attached hydrogen (secondary N) is 1. The number of amides is 2. The van der Waals surface area contributed by atoms with Crippen LogP contribution < -0.4 is 15.0 Å². The van der Waals surface area contributed by atoms with Crippen molar-refractivity contribution in [3.8, 4) is 5.75 Å². The summed E-state index contributed by atoms with van der Waals surface area (Å²) in [6.07, 6.45) is -0.713. The molecule has 1 aliphatic rings. The molecule has 0 aromatic heterocycles. The lowest BCUT2D eigenvalue weighted by Gasteiger charge is -2.32. The summed E-state index contributed by atoms with van der Waals surface area (Å²) < 4.78 is 11.0. The van der Waals surface area contributed by atoms with Gasteiger partial charge in [-0.3, -0.25) is 4.79 Å². The minimum atomic E-state index is -1.34. The lowest BCUT2D eigenvalue weighted by molar-refractivity contribution is -0.120. The summed E-state index contributed by atoms with van der Waals surface area (Å²) in [5.74, 6) is 0.169. The van der Waals surface area contributed by atoms with Gasteiger partial charge in [-0.05, 0) is 56.7 Å². The number of hydrogen-bond acceptors (Lipinski definition) is 5. The molecular formula is C26H26N2O4. The Morgan fingerprint density at radius 1 is 0.938 bits per heavy atom. The van der Waals surface area contributed by atoms with Gasteiger partial charge in [-0.15, -0.1) is 0 Å². The molecule has 1 aliphatic heterocycles. The normalized spacial score (nSPS) is 17.6. The predicted octanol–water partition coefficient (Wildman–Crippen LogP) is 5.33. The largest absolute Gasteiger partial charge is 0.497 e. The number of benzene rings is 3. The summed E-state index contributed by atoms with van der Waals surface area (Å²) in [5, 5.41) is 3.42. The first kappa shape index (κ1) is 21.4. The summed E-state index contributed by atoms with van der Waals surface area (Å²) in [4.78, 5) is 28.4. The maximum atomic E-state index is 14.1. The summed E-state index contributed by atoms with van der Waals surface area (Å²) in [7, 11) is 1.58. The Balaban J connectivity index is 1.94. The number of ether oxygens (including phenoxy) is 2. The van der Waals surface area contributed by atoms with E-state index in [-0.39, 0.29) is 0 Å². The van der Waals surface area contributed by atoms with Crippen LogP contribution >= 0.6 is 0 Å². The van der Waals surface area contributed by atoms with Gasteiger partial charge in [0.1, 0.15) is 11.4 Å². The van der Waals surface area contributed by atoms with Crippen molar-refractivity contribution in [2.75, 3.05) is 17.3 Å². The zero-order chi connectivity index (χ0) is 22.9. The van der Waals surface area contributed by atoms with E-state index >= 15 is 0 Å². The molecule has 1 N–H and O–H groups in total. The Morgan fingerprint density at radius 3 is 2.31 bits per heavy atom. The molecule has 0 bridgehead atoms. The van der Waals surface area contributed by atoms with Crippen molar-refractivity contribution in [3.05, 3.63) is 90.0 Å². The van der Waals surface area contributed by atoms with Crippen LogP contribution in [0, 0.1) is 0 Å². The van der Waals surface area contributed by atoms with Gasteiger partial charge in [-0.2, -0.15) is 0 Å². The minimum absolute atomic E-state index is 0.440. The topological polar surface area (TPSA) is 67.9 Å². The maximum absolute atomic E-state index is 14.1. The number of para-hydroxylation sites is 2. The van der Waals surface area contributed by atoms with E-state index in [0.717, 1.165) is 10.6 Å². The van der Waals surface area contributed by atoms with Gasteiger partial charge in [0, 0.05) is 11.3 Å². The second kappa shape index (κ2) is 8.04. The van der Waals surface area contributed by atoms with Crippen molar-refractivity contribution in [1.29, 1.82) is 0 Å². The van der Waals surface area contributed by atoms with Gasteiger partial charge in [0.25, 0.3) is 5.91 Å². The van der Waals surface area contributed by atoms with Crippen molar-refractivity contribution >= 4 is 23.4 Å². The van der Waals surface area contributed by atoms with E-state index in [1.165, 1.54) is 0 Å². The Hall–Kier alpha value is -3.80. The average molecular weight is 431 g/mol. The molecule has 0 unspecified atom stereocenters. The number of anilines is 2. The lowest BCUT2D eigenvalue weighted by Crippen LogP contribution is -2.49. The molecule has 3 aromatic rings. The zero-order valence-electron chi connectivity index (χ0n) is 18.6. The van der Waals surface area contributed by atoms with Crippen molar-refractivity contribution in [3.63, 3.8) is 0 Å². The van der Waals surface area contributed by atoms with E-state index in [2.05, 4.69) is 5.32 Å². The summed E-state index contributed by atoms with van der Waals surface area (Å²) >= 11 is 0.